The first-order valence-corrected chi connectivity index (χ1v) is 6.17. The lowest BCUT2D eigenvalue weighted by molar-refractivity contribution is -0.123. The van der Waals surface area contributed by atoms with Crippen LogP contribution in [0.25, 0.3) is 0 Å². The van der Waals surface area contributed by atoms with Gasteiger partial charge in [-0.25, -0.2) is 0 Å². The molecule has 0 spiro atoms. The lowest BCUT2D eigenvalue weighted by Gasteiger charge is -2.19. The van der Waals surface area contributed by atoms with Gasteiger partial charge in [0.15, 0.2) is 0 Å². The maximum Gasteiger partial charge on any atom is 0.237 e. The molecule has 0 saturated carbocycles. The summed E-state index contributed by atoms with van der Waals surface area (Å²) >= 11 is 0. The first kappa shape index (κ1) is 14.7. The Bertz CT molecular complexity index is 365. The fourth-order valence-corrected chi connectivity index (χ4v) is 1.62. The predicted octanol–water partition coefficient (Wildman–Crippen LogP) is 1.47. The van der Waals surface area contributed by atoms with Crippen LogP contribution in [0.5, 0.6) is 0 Å². The van der Waals surface area contributed by atoms with Crippen LogP contribution in [0.1, 0.15) is 25.5 Å². The van der Waals surface area contributed by atoms with Crippen LogP contribution in [0.4, 0.5) is 0 Å². The molecule has 1 aromatic carbocycles. The largest absolute Gasteiger partial charge is 0.375 e. The summed E-state index contributed by atoms with van der Waals surface area (Å²) < 4.78 is 5.37. The van der Waals surface area contributed by atoms with Crippen molar-refractivity contribution in [1.29, 1.82) is 0 Å². The fraction of sp³-hybridized carbons (Fsp3) is 0.500. The van der Waals surface area contributed by atoms with Gasteiger partial charge in [-0.3, -0.25) is 4.79 Å². The van der Waals surface area contributed by atoms with Crippen LogP contribution in [-0.2, 0) is 9.53 Å². The second-order valence-electron chi connectivity index (χ2n) is 4.65. The zero-order valence-electron chi connectivity index (χ0n) is 11.2. The van der Waals surface area contributed by atoms with E-state index >= 15 is 0 Å². The highest BCUT2D eigenvalue weighted by Gasteiger charge is 2.18. The van der Waals surface area contributed by atoms with Gasteiger partial charge in [-0.05, 0) is 11.5 Å². The monoisotopic (exact) mass is 250 g/mol. The van der Waals surface area contributed by atoms with E-state index in [1.54, 1.807) is 7.11 Å². The standard InChI is InChI=1S/C14H22N2O2/c1-10(2)13(15)14(17)16-9-12(18-3)11-7-5-4-6-8-11/h4-8,10,12-13H,9,15H2,1-3H3,(H,16,17)/t12?,13-/m0/s1. The predicted molar refractivity (Wildman–Crippen MR) is 72.0 cm³/mol. The Balaban J connectivity index is 2.53. The van der Waals surface area contributed by atoms with Crippen molar-refractivity contribution in [2.75, 3.05) is 13.7 Å². The molecule has 1 rings (SSSR count). The number of amides is 1. The smallest absolute Gasteiger partial charge is 0.237 e. The van der Waals surface area contributed by atoms with E-state index in [0.29, 0.717) is 6.54 Å². The molecule has 4 nitrogen and oxygen atoms in total. The number of carbonyl (C=O) groups excluding carboxylic acids is 1. The number of hydrogen-bond acceptors (Lipinski definition) is 3. The van der Waals surface area contributed by atoms with Gasteiger partial charge in [0.2, 0.25) is 5.91 Å². The number of hydrogen-bond donors (Lipinski definition) is 2. The van der Waals surface area contributed by atoms with Gasteiger partial charge in [0.1, 0.15) is 0 Å². The van der Waals surface area contributed by atoms with Crippen LogP contribution >= 0.6 is 0 Å². The van der Waals surface area contributed by atoms with E-state index in [1.807, 2.05) is 44.2 Å². The Labute approximate surface area is 109 Å². The molecule has 0 aromatic heterocycles. The molecule has 0 saturated heterocycles. The van der Waals surface area contributed by atoms with E-state index in [2.05, 4.69) is 5.32 Å². The van der Waals surface area contributed by atoms with E-state index in [0.717, 1.165) is 5.56 Å². The number of ether oxygens (including phenoxy) is 1. The molecule has 1 amide bonds. The molecule has 3 N–H and O–H groups in total. The molecule has 18 heavy (non-hydrogen) atoms. The van der Waals surface area contributed by atoms with E-state index in [4.69, 9.17) is 10.5 Å². The summed E-state index contributed by atoms with van der Waals surface area (Å²) in [7, 11) is 1.63. The quantitative estimate of drug-likeness (QED) is 0.803. The molecule has 100 valence electrons. The summed E-state index contributed by atoms with van der Waals surface area (Å²) in [4.78, 5) is 11.7. The van der Waals surface area contributed by atoms with Crippen LogP contribution in [0, 0.1) is 5.92 Å². The SMILES string of the molecule is COC(CNC(=O)[C@@H](N)C(C)C)c1ccccc1. The van der Waals surface area contributed by atoms with Gasteiger partial charge < -0.3 is 15.8 Å². The van der Waals surface area contributed by atoms with Crippen molar-refractivity contribution in [3.8, 4) is 0 Å². The Hall–Kier alpha value is -1.39. The molecule has 2 atom stereocenters. The molecule has 1 aromatic rings. The Morgan fingerprint density at radius 1 is 1.33 bits per heavy atom. The molecule has 0 aliphatic rings. The van der Waals surface area contributed by atoms with E-state index in [-0.39, 0.29) is 17.9 Å². The summed E-state index contributed by atoms with van der Waals surface area (Å²) in [6.45, 7) is 4.28. The summed E-state index contributed by atoms with van der Waals surface area (Å²) in [5.41, 5.74) is 6.81. The van der Waals surface area contributed by atoms with Gasteiger partial charge in [-0.2, -0.15) is 0 Å². The molecule has 0 aliphatic heterocycles. The van der Waals surface area contributed by atoms with Gasteiger partial charge >= 0.3 is 0 Å². The molecular formula is C14H22N2O2. The second kappa shape index (κ2) is 7.13. The van der Waals surface area contributed by atoms with Gasteiger partial charge in [0.25, 0.3) is 0 Å². The molecule has 0 radical (unpaired) electrons. The van der Waals surface area contributed by atoms with Gasteiger partial charge in [0, 0.05) is 13.7 Å². The number of nitrogens with two attached hydrogens (primary N) is 1. The summed E-state index contributed by atoms with van der Waals surface area (Å²) in [6, 6.07) is 9.32. The lowest BCUT2D eigenvalue weighted by Crippen LogP contribution is -2.45. The van der Waals surface area contributed by atoms with Gasteiger partial charge in [0.05, 0.1) is 12.1 Å². The van der Waals surface area contributed by atoms with E-state index < -0.39 is 6.04 Å². The maximum absolute atomic E-state index is 11.7. The highest BCUT2D eigenvalue weighted by Crippen LogP contribution is 2.14. The minimum atomic E-state index is -0.474. The topological polar surface area (TPSA) is 64.3 Å². The van der Waals surface area contributed by atoms with Crippen molar-refractivity contribution in [3.05, 3.63) is 35.9 Å². The van der Waals surface area contributed by atoms with Crippen LogP contribution in [-0.4, -0.2) is 25.6 Å². The first-order valence-electron chi connectivity index (χ1n) is 6.17. The molecular weight excluding hydrogens is 228 g/mol. The second-order valence-corrected chi connectivity index (χ2v) is 4.65. The number of rotatable bonds is 6. The summed E-state index contributed by atoms with van der Waals surface area (Å²) in [6.07, 6.45) is -0.144. The Morgan fingerprint density at radius 3 is 2.44 bits per heavy atom. The third kappa shape index (κ3) is 4.13. The highest BCUT2D eigenvalue weighted by atomic mass is 16.5. The van der Waals surface area contributed by atoms with Crippen molar-refractivity contribution in [3.63, 3.8) is 0 Å². The maximum atomic E-state index is 11.7. The van der Waals surface area contributed by atoms with Crippen LogP contribution in [0.3, 0.4) is 0 Å². The minimum Gasteiger partial charge on any atom is -0.375 e. The highest BCUT2D eigenvalue weighted by molar-refractivity contribution is 5.81. The number of benzene rings is 1. The molecule has 1 unspecified atom stereocenters. The van der Waals surface area contributed by atoms with Crippen LogP contribution < -0.4 is 11.1 Å². The number of methoxy groups -OCH3 is 1. The molecule has 0 fully saturated rings. The first-order chi connectivity index (χ1) is 8.56. The molecule has 0 aliphatic carbocycles. The Kier molecular flexibility index (Phi) is 5.82. The van der Waals surface area contributed by atoms with Crippen LogP contribution in [0.15, 0.2) is 30.3 Å². The van der Waals surface area contributed by atoms with E-state index in [9.17, 15) is 4.79 Å². The third-order valence-electron chi connectivity index (χ3n) is 2.94. The molecule has 4 heteroatoms. The van der Waals surface area contributed by atoms with Crippen molar-refractivity contribution in [2.24, 2.45) is 11.7 Å². The molecule has 0 heterocycles. The van der Waals surface area contributed by atoms with Crippen molar-refractivity contribution < 1.29 is 9.53 Å². The van der Waals surface area contributed by atoms with Crippen molar-refractivity contribution in [2.45, 2.75) is 26.0 Å². The Morgan fingerprint density at radius 2 is 1.94 bits per heavy atom. The minimum absolute atomic E-state index is 0.128. The number of nitrogens with one attached hydrogen (secondary N) is 1. The average molecular weight is 250 g/mol. The van der Waals surface area contributed by atoms with Gasteiger partial charge in [-0.1, -0.05) is 44.2 Å². The average Bonchev–Trinajstić information content (AvgIpc) is 2.39. The fourth-order valence-electron chi connectivity index (χ4n) is 1.62. The third-order valence-corrected chi connectivity index (χ3v) is 2.94. The molecule has 0 bridgehead atoms. The zero-order valence-corrected chi connectivity index (χ0v) is 11.2. The normalized spacial score (nSPS) is 14.3. The van der Waals surface area contributed by atoms with E-state index in [1.165, 1.54) is 0 Å². The number of carbonyl (C=O) groups is 1. The van der Waals surface area contributed by atoms with Gasteiger partial charge in [-0.15, -0.1) is 0 Å². The lowest BCUT2D eigenvalue weighted by atomic mass is 10.0. The van der Waals surface area contributed by atoms with Crippen molar-refractivity contribution >= 4 is 5.91 Å². The van der Waals surface area contributed by atoms with Crippen molar-refractivity contribution in [1.82, 2.24) is 5.32 Å². The van der Waals surface area contributed by atoms with Crippen LogP contribution in [0.2, 0.25) is 0 Å². The summed E-state index contributed by atoms with van der Waals surface area (Å²) in [5, 5.41) is 2.82. The summed E-state index contributed by atoms with van der Waals surface area (Å²) in [5.74, 6) is -0.00861. The zero-order chi connectivity index (χ0) is 13.5.